The van der Waals surface area contributed by atoms with Gasteiger partial charge in [0, 0.05) is 23.9 Å². The Bertz CT molecular complexity index is 1300. The van der Waals surface area contributed by atoms with Gasteiger partial charge in [-0.1, -0.05) is 25.5 Å². The first kappa shape index (κ1) is 30.7. The molecule has 0 bridgehead atoms. The van der Waals surface area contributed by atoms with Crippen LogP contribution in [-0.4, -0.2) is 31.1 Å². The first-order chi connectivity index (χ1) is 19.8. The van der Waals surface area contributed by atoms with Crippen LogP contribution < -0.4 is 25.7 Å². The molecule has 0 aliphatic carbocycles. The van der Waals surface area contributed by atoms with Gasteiger partial charge in [0.25, 0.3) is 0 Å². The van der Waals surface area contributed by atoms with E-state index in [1.54, 1.807) is 36.4 Å². The maximum Gasteiger partial charge on any atom is 0.338 e. The molecular weight excluding hydrogens is 524 g/mol. The number of hydrogen-bond donors (Lipinski definition) is 2. The van der Waals surface area contributed by atoms with Crippen LogP contribution in [0.15, 0.2) is 72.8 Å². The lowest BCUT2D eigenvalue weighted by atomic mass is 10.2. The van der Waals surface area contributed by atoms with E-state index in [2.05, 4.69) is 0 Å². The highest BCUT2D eigenvalue weighted by Gasteiger charge is 2.09. The Morgan fingerprint density at radius 2 is 1.34 bits per heavy atom. The molecule has 4 N–H and O–H groups in total. The third-order valence-electron chi connectivity index (χ3n) is 5.80. The number of carbonyl (C=O) groups excluding carboxylic acids is 3. The number of hydrogen-bond acceptors (Lipinski definition) is 9. The van der Waals surface area contributed by atoms with E-state index in [9.17, 15) is 14.4 Å². The average molecular weight is 561 g/mol. The van der Waals surface area contributed by atoms with E-state index in [0.717, 1.165) is 31.2 Å². The molecule has 0 fully saturated rings. The molecule has 216 valence electrons. The molecule has 0 aromatic heterocycles. The monoisotopic (exact) mass is 560 g/mol. The molecule has 3 aromatic rings. The van der Waals surface area contributed by atoms with E-state index in [1.807, 2.05) is 31.2 Å². The van der Waals surface area contributed by atoms with Crippen LogP contribution in [0.1, 0.15) is 61.4 Å². The van der Waals surface area contributed by atoms with Gasteiger partial charge in [-0.15, -0.1) is 0 Å². The molecule has 0 saturated heterocycles. The quantitative estimate of drug-likeness (QED) is 0.0756. The number of unbranched alkanes of at least 4 members (excludes halogenated alkanes) is 3. The molecule has 0 aliphatic rings. The van der Waals surface area contributed by atoms with Crippen LogP contribution in [0, 0.1) is 0 Å². The highest BCUT2D eigenvalue weighted by molar-refractivity contribution is 5.91. The smallest absolute Gasteiger partial charge is 0.338 e. The van der Waals surface area contributed by atoms with E-state index in [1.165, 1.54) is 18.2 Å². The van der Waals surface area contributed by atoms with Crippen molar-refractivity contribution in [3.8, 4) is 17.2 Å². The van der Waals surface area contributed by atoms with Crippen molar-refractivity contribution in [2.24, 2.45) is 0 Å². The number of benzene rings is 3. The zero-order valence-electron chi connectivity index (χ0n) is 23.2. The number of nitrogen functional groups attached to an aromatic ring is 2. The Morgan fingerprint density at radius 3 is 2.00 bits per heavy atom. The Morgan fingerprint density at radius 1 is 0.732 bits per heavy atom. The minimum Gasteiger partial charge on any atom is -0.494 e. The largest absolute Gasteiger partial charge is 0.494 e. The Hall–Kier alpha value is -4.79. The molecule has 3 rings (SSSR count). The zero-order valence-corrected chi connectivity index (χ0v) is 23.2. The van der Waals surface area contributed by atoms with Gasteiger partial charge in [0.2, 0.25) is 0 Å². The molecule has 0 aliphatic heterocycles. The molecule has 3 aromatic carbocycles. The van der Waals surface area contributed by atoms with E-state index in [0.29, 0.717) is 60.2 Å². The lowest BCUT2D eigenvalue weighted by molar-refractivity contribution is -0.134. The molecule has 0 atom stereocenters. The second-order valence-electron chi connectivity index (χ2n) is 9.31. The Labute approximate surface area is 240 Å². The molecule has 9 heteroatoms. The third-order valence-corrected chi connectivity index (χ3v) is 5.80. The Balaban J connectivity index is 1.30. The standard InChI is InChI=1S/C32H36N2O7/c1-2-3-7-30(35)40-28-13-15-29(16-14-28)41-31(36)17-10-23-8-11-27(12-9-23)38-18-5-4-6-19-39-32(37)24-20-25(33)22-26(34)21-24/h8-17,20-22H,2-7,18-19,33-34H2,1H3/b17-10+. The summed E-state index contributed by atoms with van der Waals surface area (Å²) in [5.41, 5.74) is 13.4. The molecule has 0 radical (unpaired) electrons. The van der Waals surface area contributed by atoms with Crippen LogP contribution in [0.5, 0.6) is 17.2 Å². The molecule has 0 unspecified atom stereocenters. The van der Waals surface area contributed by atoms with Crippen molar-refractivity contribution < 1.29 is 33.3 Å². The van der Waals surface area contributed by atoms with Crippen molar-refractivity contribution in [2.75, 3.05) is 24.7 Å². The van der Waals surface area contributed by atoms with Crippen molar-refractivity contribution in [3.05, 3.63) is 83.9 Å². The fraction of sp³-hybridized carbons (Fsp3) is 0.281. The molecule has 9 nitrogen and oxygen atoms in total. The summed E-state index contributed by atoms with van der Waals surface area (Å²) in [6, 6.07) is 18.3. The number of esters is 3. The summed E-state index contributed by atoms with van der Waals surface area (Å²) in [7, 11) is 0. The fourth-order valence-electron chi connectivity index (χ4n) is 3.68. The third kappa shape index (κ3) is 11.5. The van der Waals surface area contributed by atoms with E-state index in [4.69, 9.17) is 30.4 Å². The van der Waals surface area contributed by atoms with Crippen LogP contribution in [0.3, 0.4) is 0 Å². The molecule has 0 saturated carbocycles. The van der Waals surface area contributed by atoms with Crippen molar-refractivity contribution in [2.45, 2.75) is 45.4 Å². The summed E-state index contributed by atoms with van der Waals surface area (Å²) >= 11 is 0. The van der Waals surface area contributed by atoms with Crippen LogP contribution in [-0.2, 0) is 14.3 Å². The van der Waals surface area contributed by atoms with Crippen LogP contribution in [0.25, 0.3) is 6.08 Å². The molecule has 0 amide bonds. The molecule has 0 spiro atoms. The van der Waals surface area contributed by atoms with Gasteiger partial charge in [-0.25, -0.2) is 9.59 Å². The molecule has 0 heterocycles. The summed E-state index contributed by atoms with van der Waals surface area (Å²) in [6.45, 7) is 2.83. The summed E-state index contributed by atoms with van der Waals surface area (Å²) < 4.78 is 21.6. The van der Waals surface area contributed by atoms with Gasteiger partial charge >= 0.3 is 17.9 Å². The summed E-state index contributed by atoms with van der Waals surface area (Å²) in [5, 5.41) is 0. The van der Waals surface area contributed by atoms with Crippen LogP contribution in [0.2, 0.25) is 0 Å². The van der Waals surface area contributed by atoms with Gasteiger partial charge in [-0.2, -0.15) is 0 Å². The van der Waals surface area contributed by atoms with Crippen molar-refractivity contribution in [1.82, 2.24) is 0 Å². The normalized spacial score (nSPS) is 10.8. The van der Waals surface area contributed by atoms with Crippen molar-refractivity contribution in [1.29, 1.82) is 0 Å². The maximum atomic E-state index is 12.2. The maximum absolute atomic E-state index is 12.2. The van der Waals surface area contributed by atoms with Gasteiger partial charge < -0.3 is 30.4 Å². The summed E-state index contributed by atoms with van der Waals surface area (Å²) in [4.78, 5) is 35.9. The zero-order chi connectivity index (χ0) is 29.5. The summed E-state index contributed by atoms with van der Waals surface area (Å²) in [6.07, 6.45) is 7.41. The highest BCUT2D eigenvalue weighted by Crippen LogP contribution is 2.19. The second-order valence-corrected chi connectivity index (χ2v) is 9.31. The minimum absolute atomic E-state index is 0.284. The topological polar surface area (TPSA) is 140 Å². The summed E-state index contributed by atoms with van der Waals surface area (Å²) in [5.74, 6) is 0.214. The van der Waals surface area contributed by atoms with Crippen molar-refractivity contribution in [3.63, 3.8) is 0 Å². The lowest BCUT2D eigenvalue weighted by Gasteiger charge is -2.08. The number of anilines is 2. The van der Waals surface area contributed by atoms with E-state index >= 15 is 0 Å². The SMILES string of the molecule is CCCCC(=O)Oc1ccc(OC(=O)/C=C/c2ccc(OCCCCCOC(=O)c3cc(N)cc(N)c3)cc2)cc1. The van der Waals surface area contributed by atoms with Crippen LogP contribution in [0.4, 0.5) is 11.4 Å². The molecule has 41 heavy (non-hydrogen) atoms. The first-order valence-corrected chi connectivity index (χ1v) is 13.6. The predicted octanol–water partition coefficient (Wildman–Crippen LogP) is 5.97. The predicted molar refractivity (Wildman–Crippen MR) is 158 cm³/mol. The van der Waals surface area contributed by atoms with E-state index in [-0.39, 0.29) is 5.97 Å². The van der Waals surface area contributed by atoms with Gasteiger partial charge in [0.15, 0.2) is 0 Å². The number of carbonyl (C=O) groups is 3. The van der Waals surface area contributed by atoms with Crippen molar-refractivity contribution >= 4 is 35.4 Å². The average Bonchev–Trinajstić information content (AvgIpc) is 2.95. The Kier molecular flexibility index (Phi) is 12.3. The minimum atomic E-state index is -0.527. The first-order valence-electron chi connectivity index (χ1n) is 13.6. The van der Waals surface area contributed by atoms with Gasteiger partial charge in [-0.05, 0) is 91.9 Å². The number of ether oxygens (including phenoxy) is 4. The van der Waals surface area contributed by atoms with Gasteiger partial charge in [0.1, 0.15) is 17.2 Å². The van der Waals surface area contributed by atoms with Gasteiger partial charge in [0.05, 0.1) is 18.8 Å². The van der Waals surface area contributed by atoms with Gasteiger partial charge in [-0.3, -0.25) is 4.79 Å². The van der Waals surface area contributed by atoms with Crippen LogP contribution >= 0.6 is 0 Å². The number of nitrogens with two attached hydrogens (primary N) is 2. The highest BCUT2D eigenvalue weighted by atomic mass is 16.5. The lowest BCUT2D eigenvalue weighted by Crippen LogP contribution is -2.08. The number of rotatable bonds is 15. The van der Waals surface area contributed by atoms with E-state index < -0.39 is 11.9 Å². The fourth-order valence-corrected chi connectivity index (χ4v) is 3.68. The molecular formula is C32H36N2O7. The second kappa shape index (κ2) is 16.3.